The van der Waals surface area contributed by atoms with Crippen LogP contribution in [-0.2, 0) is 34.3 Å². The zero-order valence-corrected chi connectivity index (χ0v) is 20.3. The number of rotatable bonds is 6. The molecule has 0 aliphatic carbocycles. The number of fused-ring (bicyclic) bond motifs is 1. The number of carbonyl (C=O) groups is 1. The van der Waals surface area contributed by atoms with Crippen LogP contribution in [0.2, 0.25) is 0 Å². The van der Waals surface area contributed by atoms with Crippen LogP contribution in [0, 0.1) is 6.92 Å². The summed E-state index contributed by atoms with van der Waals surface area (Å²) in [6, 6.07) is 22.3. The molecule has 0 saturated carbocycles. The number of benzene rings is 3. The first-order chi connectivity index (χ1) is 15.3. The van der Waals surface area contributed by atoms with E-state index in [1.165, 1.54) is 9.87 Å². The van der Waals surface area contributed by atoms with Crippen LogP contribution in [0.15, 0.2) is 82.2 Å². The molecule has 0 saturated heterocycles. The van der Waals surface area contributed by atoms with Gasteiger partial charge in [0, 0.05) is 24.1 Å². The van der Waals surface area contributed by atoms with E-state index < -0.39 is 10.0 Å². The van der Waals surface area contributed by atoms with E-state index in [-0.39, 0.29) is 23.9 Å². The Hall–Kier alpha value is -2.48. The van der Waals surface area contributed by atoms with Crippen molar-refractivity contribution in [2.24, 2.45) is 0 Å². The quantitative estimate of drug-likeness (QED) is 0.487. The third-order valence-corrected chi connectivity index (χ3v) is 8.06. The highest BCUT2D eigenvalue weighted by Gasteiger charge is 2.30. The predicted octanol–water partition coefficient (Wildman–Crippen LogP) is 4.53. The smallest absolute Gasteiger partial charge is 0.243 e. The molecule has 1 aliphatic heterocycles. The second kappa shape index (κ2) is 9.57. The molecule has 0 atom stereocenters. The summed E-state index contributed by atoms with van der Waals surface area (Å²) in [7, 11) is -3.85. The molecule has 4 rings (SSSR count). The van der Waals surface area contributed by atoms with Gasteiger partial charge in [-0.3, -0.25) is 4.79 Å². The Labute approximate surface area is 197 Å². The minimum atomic E-state index is -3.85. The Balaban J connectivity index is 1.59. The second-order valence-corrected chi connectivity index (χ2v) is 10.9. The number of carbonyl (C=O) groups excluding carboxylic acids is 1. The summed E-state index contributed by atoms with van der Waals surface area (Å²) in [5.74, 6) is -0.188. The molecule has 0 fully saturated rings. The van der Waals surface area contributed by atoms with Gasteiger partial charge >= 0.3 is 0 Å². The number of hydrogen-bond donors (Lipinski definition) is 0. The summed E-state index contributed by atoms with van der Waals surface area (Å²) in [5.41, 5.74) is 4.16. The first kappa shape index (κ1) is 22.7. The van der Waals surface area contributed by atoms with Crippen molar-refractivity contribution in [1.29, 1.82) is 0 Å². The lowest BCUT2D eigenvalue weighted by Crippen LogP contribution is -2.44. The molecule has 3 aromatic carbocycles. The molecule has 0 N–H and O–H groups in total. The van der Waals surface area contributed by atoms with Crippen LogP contribution in [0.1, 0.15) is 22.3 Å². The van der Waals surface area contributed by atoms with Gasteiger partial charge in [0.2, 0.25) is 15.9 Å². The third kappa shape index (κ3) is 5.11. The van der Waals surface area contributed by atoms with Gasteiger partial charge in [0.15, 0.2) is 0 Å². The van der Waals surface area contributed by atoms with Crippen LogP contribution < -0.4 is 0 Å². The molecule has 1 heterocycles. The lowest BCUT2D eigenvalue weighted by molar-refractivity contribution is -0.132. The molecule has 166 valence electrons. The van der Waals surface area contributed by atoms with Crippen molar-refractivity contribution in [2.45, 2.75) is 31.3 Å². The minimum Gasteiger partial charge on any atom is -0.337 e. The normalized spacial score (nSPS) is 13.8. The van der Waals surface area contributed by atoms with Crippen molar-refractivity contribution in [3.8, 4) is 0 Å². The van der Waals surface area contributed by atoms with Crippen LogP contribution in [0.5, 0.6) is 0 Å². The van der Waals surface area contributed by atoms with Crippen molar-refractivity contribution in [2.75, 3.05) is 13.1 Å². The van der Waals surface area contributed by atoms with Gasteiger partial charge in [0.25, 0.3) is 0 Å². The predicted molar refractivity (Wildman–Crippen MR) is 128 cm³/mol. The molecule has 0 aromatic heterocycles. The Morgan fingerprint density at radius 2 is 1.62 bits per heavy atom. The average Bonchev–Trinajstić information content (AvgIpc) is 2.80. The van der Waals surface area contributed by atoms with E-state index in [0.717, 1.165) is 27.6 Å². The SMILES string of the molecule is Cc1ccc(S(=O)(=O)N(CC(=O)N2CCc3ccccc3C2)Cc2ccc(Br)cc2)cc1. The Kier molecular flexibility index (Phi) is 6.79. The fraction of sp³-hybridized carbons (Fsp3) is 0.240. The molecule has 1 aliphatic rings. The number of nitrogens with zero attached hydrogens (tertiary/aromatic N) is 2. The molecule has 3 aromatic rings. The largest absolute Gasteiger partial charge is 0.337 e. The standard InChI is InChI=1S/C25H25BrN2O3S/c1-19-6-12-24(13-7-19)32(30,31)28(16-20-8-10-23(26)11-9-20)18-25(29)27-15-14-21-4-2-3-5-22(21)17-27/h2-13H,14-18H2,1H3. The van der Waals surface area contributed by atoms with E-state index in [1.54, 1.807) is 29.2 Å². The monoisotopic (exact) mass is 512 g/mol. The molecule has 7 heteroatoms. The fourth-order valence-corrected chi connectivity index (χ4v) is 5.48. The summed E-state index contributed by atoms with van der Waals surface area (Å²) in [4.78, 5) is 15.2. The van der Waals surface area contributed by atoms with Crippen molar-refractivity contribution in [1.82, 2.24) is 9.21 Å². The molecule has 0 radical (unpaired) electrons. The molecule has 1 amide bonds. The Morgan fingerprint density at radius 3 is 2.31 bits per heavy atom. The first-order valence-corrected chi connectivity index (χ1v) is 12.7. The zero-order chi connectivity index (χ0) is 22.7. The van der Waals surface area contributed by atoms with Crippen LogP contribution >= 0.6 is 15.9 Å². The van der Waals surface area contributed by atoms with Crippen molar-refractivity contribution in [3.63, 3.8) is 0 Å². The molecule has 0 spiro atoms. The number of halogens is 1. The summed E-state index contributed by atoms with van der Waals surface area (Å²) in [5, 5.41) is 0. The molecular formula is C25H25BrN2O3S. The molecule has 0 unspecified atom stereocenters. The fourth-order valence-electron chi connectivity index (χ4n) is 3.84. The van der Waals surface area contributed by atoms with E-state index in [9.17, 15) is 13.2 Å². The van der Waals surface area contributed by atoms with E-state index in [1.807, 2.05) is 49.4 Å². The van der Waals surface area contributed by atoms with E-state index >= 15 is 0 Å². The number of amides is 1. The first-order valence-electron chi connectivity index (χ1n) is 10.5. The lowest BCUT2D eigenvalue weighted by Gasteiger charge is -2.31. The Morgan fingerprint density at radius 1 is 0.969 bits per heavy atom. The summed E-state index contributed by atoms with van der Waals surface area (Å²) in [6.45, 7) is 2.93. The van der Waals surface area contributed by atoms with E-state index in [4.69, 9.17) is 0 Å². The van der Waals surface area contributed by atoms with Gasteiger partial charge in [-0.1, -0.05) is 70.0 Å². The van der Waals surface area contributed by atoms with Crippen molar-refractivity contribution >= 4 is 31.9 Å². The molecule has 0 bridgehead atoms. The highest BCUT2D eigenvalue weighted by molar-refractivity contribution is 9.10. The van der Waals surface area contributed by atoms with E-state index in [2.05, 4.69) is 22.0 Å². The Bertz CT molecular complexity index is 1210. The zero-order valence-electron chi connectivity index (χ0n) is 17.9. The average molecular weight is 513 g/mol. The van der Waals surface area contributed by atoms with Gasteiger partial charge < -0.3 is 4.90 Å². The third-order valence-electron chi connectivity index (χ3n) is 5.73. The highest BCUT2D eigenvalue weighted by Crippen LogP contribution is 2.22. The van der Waals surface area contributed by atoms with Gasteiger partial charge in [-0.25, -0.2) is 8.42 Å². The minimum absolute atomic E-state index is 0.125. The summed E-state index contributed by atoms with van der Waals surface area (Å²) >= 11 is 3.41. The van der Waals surface area contributed by atoms with Gasteiger partial charge in [-0.2, -0.15) is 4.31 Å². The van der Waals surface area contributed by atoms with Crippen molar-refractivity contribution in [3.05, 3.63) is 99.5 Å². The molecule has 5 nitrogen and oxygen atoms in total. The maximum absolute atomic E-state index is 13.5. The van der Waals surface area contributed by atoms with Crippen LogP contribution in [0.4, 0.5) is 0 Å². The summed E-state index contributed by atoms with van der Waals surface area (Å²) < 4.78 is 29.2. The topological polar surface area (TPSA) is 57.7 Å². The van der Waals surface area contributed by atoms with Crippen LogP contribution in [-0.4, -0.2) is 36.6 Å². The van der Waals surface area contributed by atoms with Crippen LogP contribution in [0.25, 0.3) is 0 Å². The molecule has 32 heavy (non-hydrogen) atoms. The van der Waals surface area contributed by atoms with Gasteiger partial charge in [-0.15, -0.1) is 0 Å². The maximum Gasteiger partial charge on any atom is 0.243 e. The lowest BCUT2D eigenvalue weighted by atomic mass is 10.00. The highest BCUT2D eigenvalue weighted by atomic mass is 79.9. The summed E-state index contributed by atoms with van der Waals surface area (Å²) in [6.07, 6.45) is 0.777. The number of aryl methyl sites for hydroxylation is 1. The van der Waals surface area contributed by atoms with Crippen molar-refractivity contribution < 1.29 is 13.2 Å². The number of sulfonamides is 1. The van der Waals surface area contributed by atoms with Gasteiger partial charge in [0.05, 0.1) is 11.4 Å². The number of hydrogen-bond acceptors (Lipinski definition) is 3. The van der Waals surface area contributed by atoms with E-state index in [0.29, 0.717) is 13.1 Å². The molecular weight excluding hydrogens is 488 g/mol. The second-order valence-electron chi connectivity index (χ2n) is 8.05. The maximum atomic E-state index is 13.5. The van der Waals surface area contributed by atoms with Gasteiger partial charge in [0.1, 0.15) is 0 Å². The van der Waals surface area contributed by atoms with Gasteiger partial charge in [-0.05, 0) is 54.3 Å². The van der Waals surface area contributed by atoms with Crippen LogP contribution in [0.3, 0.4) is 0 Å².